The molecule has 2 aromatic carbocycles. The van der Waals surface area contributed by atoms with Gasteiger partial charge in [0, 0.05) is 5.69 Å². The lowest BCUT2D eigenvalue weighted by molar-refractivity contribution is 0.108. The number of aliphatic hydroxyl groups excluding tert-OH is 1. The fourth-order valence-electron chi connectivity index (χ4n) is 1.62. The number of hydrogen-bond donors (Lipinski definition) is 2. The summed E-state index contributed by atoms with van der Waals surface area (Å²) in [6.45, 7) is 0.00874. The van der Waals surface area contributed by atoms with Gasteiger partial charge in [-0.3, -0.25) is 0 Å². The molecule has 0 bridgehead atoms. The van der Waals surface area contributed by atoms with Crippen molar-refractivity contribution < 1.29 is 14.2 Å². The van der Waals surface area contributed by atoms with E-state index in [0.717, 1.165) is 6.07 Å². The predicted octanol–water partition coefficient (Wildman–Crippen LogP) is 3.17. The minimum atomic E-state index is -0.829. The Hall–Kier alpha value is -1.78. The minimum absolute atomic E-state index is 0.00874. The monoisotopic (exact) mass is 281 g/mol. The van der Waals surface area contributed by atoms with Gasteiger partial charge in [0.2, 0.25) is 0 Å². The second kappa shape index (κ2) is 5.91. The molecule has 5 heteroatoms. The van der Waals surface area contributed by atoms with Crippen molar-refractivity contribution in [2.45, 2.75) is 6.10 Å². The van der Waals surface area contributed by atoms with Gasteiger partial charge in [-0.2, -0.15) is 0 Å². The Bertz CT molecular complexity index is 577. The molecule has 2 rings (SSSR count). The van der Waals surface area contributed by atoms with Gasteiger partial charge in [-0.1, -0.05) is 23.7 Å². The summed E-state index contributed by atoms with van der Waals surface area (Å²) < 4.78 is 18.2. The first-order valence-corrected chi connectivity index (χ1v) is 6.05. The first-order chi connectivity index (χ1) is 9.06. The molecule has 3 N–H and O–H groups in total. The maximum atomic E-state index is 12.9. The van der Waals surface area contributed by atoms with Crippen LogP contribution in [0.5, 0.6) is 5.75 Å². The lowest BCUT2D eigenvalue weighted by Gasteiger charge is -2.14. The summed E-state index contributed by atoms with van der Waals surface area (Å²) in [4.78, 5) is 0. The smallest absolute Gasteiger partial charge is 0.138 e. The van der Waals surface area contributed by atoms with Gasteiger partial charge in [0.1, 0.15) is 24.3 Å². The fraction of sp³-hybridized carbons (Fsp3) is 0.143. The molecular weight excluding hydrogens is 269 g/mol. The molecular formula is C14H13ClFNO2. The maximum absolute atomic E-state index is 12.9. The number of nitrogens with two attached hydrogens (primary N) is 1. The van der Waals surface area contributed by atoms with E-state index in [1.165, 1.54) is 12.1 Å². The Morgan fingerprint density at radius 1 is 1.26 bits per heavy atom. The molecule has 100 valence electrons. The largest absolute Gasteiger partial charge is 0.489 e. The molecule has 1 atom stereocenters. The summed E-state index contributed by atoms with van der Waals surface area (Å²) in [7, 11) is 0. The van der Waals surface area contributed by atoms with Crippen LogP contribution in [0.25, 0.3) is 0 Å². The van der Waals surface area contributed by atoms with Crippen molar-refractivity contribution in [1.29, 1.82) is 0 Å². The van der Waals surface area contributed by atoms with E-state index in [4.69, 9.17) is 22.1 Å². The Labute approximate surface area is 115 Å². The van der Waals surface area contributed by atoms with Crippen LogP contribution in [0.1, 0.15) is 11.7 Å². The van der Waals surface area contributed by atoms with Gasteiger partial charge < -0.3 is 15.6 Å². The first-order valence-electron chi connectivity index (χ1n) is 5.67. The molecule has 0 fully saturated rings. The van der Waals surface area contributed by atoms with Gasteiger partial charge in [0.25, 0.3) is 0 Å². The number of rotatable bonds is 4. The van der Waals surface area contributed by atoms with Gasteiger partial charge in [0.15, 0.2) is 0 Å². The van der Waals surface area contributed by atoms with Crippen molar-refractivity contribution in [1.82, 2.24) is 0 Å². The molecule has 0 aliphatic rings. The quantitative estimate of drug-likeness (QED) is 0.846. The second-order valence-electron chi connectivity index (χ2n) is 4.07. The predicted molar refractivity (Wildman–Crippen MR) is 72.7 cm³/mol. The van der Waals surface area contributed by atoms with Crippen molar-refractivity contribution in [2.24, 2.45) is 0 Å². The third-order valence-electron chi connectivity index (χ3n) is 2.59. The van der Waals surface area contributed by atoms with Gasteiger partial charge in [-0.25, -0.2) is 4.39 Å². The van der Waals surface area contributed by atoms with Crippen LogP contribution in [0.4, 0.5) is 10.1 Å². The van der Waals surface area contributed by atoms with Crippen LogP contribution in [0.15, 0.2) is 42.5 Å². The maximum Gasteiger partial charge on any atom is 0.138 e. The SMILES string of the molecule is Nc1cccc(C(O)COc2ccc(F)cc2Cl)c1. The summed E-state index contributed by atoms with van der Waals surface area (Å²) in [6, 6.07) is 10.7. The summed E-state index contributed by atoms with van der Waals surface area (Å²) in [5.74, 6) is -0.111. The highest BCUT2D eigenvalue weighted by Crippen LogP contribution is 2.26. The topological polar surface area (TPSA) is 55.5 Å². The van der Waals surface area contributed by atoms with E-state index < -0.39 is 11.9 Å². The zero-order valence-corrected chi connectivity index (χ0v) is 10.8. The van der Waals surface area contributed by atoms with Gasteiger partial charge in [-0.15, -0.1) is 0 Å². The van der Waals surface area contributed by atoms with Crippen LogP contribution >= 0.6 is 11.6 Å². The van der Waals surface area contributed by atoms with E-state index in [-0.39, 0.29) is 11.6 Å². The van der Waals surface area contributed by atoms with Crippen molar-refractivity contribution in [3.8, 4) is 5.75 Å². The first kappa shape index (κ1) is 13.6. The average molecular weight is 282 g/mol. The van der Waals surface area contributed by atoms with E-state index in [9.17, 15) is 9.50 Å². The van der Waals surface area contributed by atoms with Crippen LogP contribution < -0.4 is 10.5 Å². The van der Waals surface area contributed by atoms with Crippen molar-refractivity contribution >= 4 is 17.3 Å². The molecule has 0 aliphatic carbocycles. The van der Waals surface area contributed by atoms with Crippen LogP contribution in [0.2, 0.25) is 5.02 Å². The number of aliphatic hydroxyl groups is 1. The second-order valence-corrected chi connectivity index (χ2v) is 4.48. The Morgan fingerprint density at radius 2 is 2.05 bits per heavy atom. The standard InChI is InChI=1S/C14H13ClFNO2/c15-12-7-10(16)4-5-14(12)19-8-13(18)9-2-1-3-11(17)6-9/h1-7,13,18H,8,17H2. The lowest BCUT2D eigenvalue weighted by atomic mass is 10.1. The van der Waals surface area contributed by atoms with Gasteiger partial charge in [-0.05, 0) is 35.9 Å². The number of ether oxygens (including phenoxy) is 1. The Balaban J connectivity index is 2.02. The molecule has 0 saturated heterocycles. The number of halogens is 2. The molecule has 3 nitrogen and oxygen atoms in total. The summed E-state index contributed by atoms with van der Waals surface area (Å²) in [5, 5.41) is 10.1. The zero-order valence-electron chi connectivity index (χ0n) is 10.0. The summed E-state index contributed by atoms with van der Waals surface area (Å²) in [6.07, 6.45) is -0.829. The average Bonchev–Trinajstić information content (AvgIpc) is 2.37. The number of benzene rings is 2. The molecule has 0 radical (unpaired) electrons. The van der Waals surface area contributed by atoms with E-state index in [2.05, 4.69) is 0 Å². The third kappa shape index (κ3) is 3.59. The molecule has 0 heterocycles. The zero-order chi connectivity index (χ0) is 13.8. The Morgan fingerprint density at radius 3 is 2.74 bits per heavy atom. The van der Waals surface area contributed by atoms with Crippen molar-refractivity contribution in [3.05, 3.63) is 58.9 Å². The van der Waals surface area contributed by atoms with E-state index in [0.29, 0.717) is 17.0 Å². The lowest BCUT2D eigenvalue weighted by Crippen LogP contribution is -2.10. The number of hydrogen-bond acceptors (Lipinski definition) is 3. The summed E-state index contributed by atoms with van der Waals surface area (Å²) >= 11 is 5.82. The summed E-state index contributed by atoms with van der Waals surface area (Å²) in [5.41, 5.74) is 6.85. The fourth-order valence-corrected chi connectivity index (χ4v) is 1.85. The molecule has 0 aromatic heterocycles. The van der Waals surface area contributed by atoms with Crippen LogP contribution in [0, 0.1) is 5.82 Å². The molecule has 1 unspecified atom stereocenters. The normalized spacial score (nSPS) is 12.2. The third-order valence-corrected chi connectivity index (χ3v) is 2.88. The molecule has 0 spiro atoms. The highest BCUT2D eigenvalue weighted by molar-refractivity contribution is 6.32. The Kier molecular flexibility index (Phi) is 4.24. The number of nitrogen functional groups attached to an aromatic ring is 1. The minimum Gasteiger partial charge on any atom is -0.489 e. The van der Waals surface area contributed by atoms with Crippen LogP contribution in [-0.4, -0.2) is 11.7 Å². The molecule has 2 aromatic rings. The van der Waals surface area contributed by atoms with Crippen molar-refractivity contribution in [3.63, 3.8) is 0 Å². The van der Waals surface area contributed by atoms with Gasteiger partial charge in [0.05, 0.1) is 5.02 Å². The molecule has 0 saturated carbocycles. The van der Waals surface area contributed by atoms with Crippen LogP contribution in [0.3, 0.4) is 0 Å². The van der Waals surface area contributed by atoms with Crippen LogP contribution in [-0.2, 0) is 0 Å². The van der Waals surface area contributed by atoms with Gasteiger partial charge >= 0.3 is 0 Å². The van der Waals surface area contributed by atoms with E-state index in [1.54, 1.807) is 24.3 Å². The molecule has 19 heavy (non-hydrogen) atoms. The molecule has 0 amide bonds. The van der Waals surface area contributed by atoms with Crippen molar-refractivity contribution in [2.75, 3.05) is 12.3 Å². The highest BCUT2D eigenvalue weighted by Gasteiger charge is 2.10. The van der Waals surface area contributed by atoms with E-state index >= 15 is 0 Å². The van der Waals surface area contributed by atoms with E-state index in [1.807, 2.05) is 0 Å². The molecule has 0 aliphatic heterocycles. The highest BCUT2D eigenvalue weighted by atomic mass is 35.5. The number of anilines is 1.